The first kappa shape index (κ1) is 6.78. The minimum atomic E-state index is 0.944. The van der Waals surface area contributed by atoms with Crippen LogP contribution in [0.15, 0.2) is 12.2 Å². The summed E-state index contributed by atoms with van der Waals surface area (Å²) in [6.45, 7) is 4.08. The van der Waals surface area contributed by atoms with E-state index in [-0.39, 0.29) is 0 Å². The van der Waals surface area contributed by atoms with Gasteiger partial charge in [0.2, 0.25) is 0 Å². The Morgan fingerprint density at radius 1 is 1.20 bits per heavy atom. The average molecular weight is 154 g/mol. The van der Waals surface area contributed by atoms with Crippen LogP contribution < -0.4 is 0 Å². The van der Waals surface area contributed by atoms with Crippen molar-refractivity contribution in [3.63, 3.8) is 0 Å². The summed E-state index contributed by atoms with van der Waals surface area (Å²) >= 11 is 2.22. The molecule has 2 fully saturated rings. The van der Waals surface area contributed by atoms with Crippen molar-refractivity contribution in [1.29, 1.82) is 0 Å². The molecule has 0 saturated carbocycles. The molecule has 0 radical (unpaired) electrons. The molecule has 2 saturated heterocycles. The highest BCUT2D eigenvalue weighted by Gasteiger charge is 2.27. The van der Waals surface area contributed by atoms with Crippen molar-refractivity contribution >= 4 is 11.8 Å². The van der Waals surface area contributed by atoms with Crippen LogP contribution in [0.4, 0.5) is 0 Å². The van der Waals surface area contributed by atoms with Crippen LogP contribution in [-0.4, -0.2) is 10.5 Å². The molecule has 0 N–H and O–H groups in total. The zero-order chi connectivity index (χ0) is 6.97. The lowest BCUT2D eigenvalue weighted by Gasteiger charge is -2.34. The molecule has 0 nitrogen and oxygen atoms in total. The van der Waals surface area contributed by atoms with Gasteiger partial charge in [0, 0.05) is 10.5 Å². The lowest BCUT2D eigenvalue weighted by atomic mass is 9.95. The molecule has 2 rings (SSSR count). The third-order valence-corrected chi connectivity index (χ3v) is 4.04. The normalized spacial score (nSPS) is 39.8. The van der Waals surface area contributed by atoms with Crippen molar-refractivity contribution in [2.24, 2.45) is 0 Å². The molecule has 56 valence electrons. The summed E-state index contributed by atoms with van der Waals surface area (Å²) in [4.78, 5) is 0. The first-order valence-corrected chi connectivity index (χ1v) is 5.11. The van der Waals surface area contributed by atoms with Crippen molar-refractivity contribution in [2.45, 2.75) is 42.6 Å². The van der Waals surface area contributed by atoms with Gasteiger partial charge in [-0.05, 0) is 25.7 Å². The van der Waals surface area contributed by atoms with Crippen LogP contribution in [0.2, 0.25) is 0 Å². The van der Waals surface area contributed by atoms with Gasteiger partial charge in [-0.15, -0.1) is 0 Å². The van der Waals surface area contributed by atoms with Gasteiger partial charge in [0.05, 0.1) is 0 Å². The smallest absolute Gasteiger partial charge is 0.00870 e. The number of thioether (sulfide) groups is 1. The number of hydrogen-bond donors (Lipinski definition) is 0. The molecular weight excluding hydrogens is 140 g/mol. The quantitative estimate of drug-likeness (QED) is 0.483. The number of rotatable bonds is 0. The van der Waals surface area contributed by atoms with Crippen LogP contribution in [0.1, 0.15) is 32.1 Å². The van der Waals surface area contributed by atoms with Crippen molar-refractivity contribution in [1.82, 2.24) is 0 Å². The first-order chi connectivity index (χ1) is 4.84. The molecular formula is C9H14S. The second-order valence-electron chi connectivity index (χ2n) is 3.47. The zero-order valence-corrected chi connectivity index (χ0v) is 7.12. The highest BCUT2D eigenvalue weighted by Crippen LogP contribution is 2.42. The number of fused-ring (bicyclic) bond motifs is 2. The molecule has 2 aliphatic rings. The van der Waals surface area contributed by atoms with E-state index >= 15 is 0 Å². The molecule has 0 aromatic heterocycles. The summed E-state index contributed by atoms with van der Waals surface area (Å²) < 4.78 is 0. The molecule has 0 aliphatic carbocycles. The summed E-state index contributed by atoms with van der Waals surface area (Å²) in [6.07, 6.45) is 6.97. The minimum Gasteiger partial charge on any atom is -0.154 e. The Morgan fingerprint density at radius 2 is 1.80 bits per heavy atom. The Bertz CT molecular complexity index is 137. The van der Waals surface area contributed by atoms with Crippen molar-refractivity contribution in [3.05, 3.63) is 12.2 Å². The second kappa shape index (κ2) is 2.61. The Kier molecular flexibility index (Phi) is 1.77. The highest BCUT2D eigenvalue weighted by molar-refractivity contribution is 8.00. The van der Waals surface area contributed by atoms with Crippen LogP contribution in [0.25, 0.3) is 0 Å². The molecule has 2 atom stereocenters. The zero-order valence-electron chi connectivity index (χ0n) is 6.31. The van der Waals surface area contributed by atoms with Gasteiger partial charge in [-0.1, -0.05) is 18.6 Å². The summed E-state index contributed by atoms with van der Waals surface area (Å²) in [5.41, 5.74) is 1.51. The van der Waals surface area contributed by atoms with Gasteiger partial charge >= 0.3 is 0 Å². The monoisotopic (exact) mass is 154 g/mol. The van der Waals surface area contributed by atoms with E-state index < -0.39 is 0 Å². The topological polar surface area (TPSA) is 0 Å². The Hall–Kier alpha value is 0.0900. The van der Waals surface area contributed by atoms with E-state index in [2.05, 4.69) is 18.3 Å². The van der Waals surface area contributed by atoms with Gasteiger partial charge < -0.3 is 0 Å². The van der Waals surface area contributed by atoms with Gasteiger partial charge in [0.25, 0.3) is 0 Å². The molecule has 0 aromatic carbocycles. The summed E-state index contributed by atoms with van der Waals surface area (Å²) in [7, 11) is 0. The van der Waals surface area contributed by atoms with Gasteiger partial charge in [0.1, 0.15) is 0 Å². The summed E-state index contributed by atoms with van der Waals surface area (Å²) in [6, 6.07) is 0. The fourth-order valence-corrected chi connectivity index (χ4v) is 3.82. The van der Waals surface area contributed by atoms with E-state index in [1.54, 1.807) is 0 Å². The number of allylic oxidation sites excluding steroid dienone is 1. The molecule has 10 heavy (non-hydrogen) atoms. The Morgan fingerprint density at radius 3 is 2.40 bits per heavy atom. The van der Waals surface area contributed by atoms with E-state index in [4.69, 9.17) is 0 Å². The van der Waals surface area contributed by atoms with Gasteiger partial charge in [-0.25, -0.2) is 0 Å². The molecule has 2 aliphatic heterocycles. The van der Waals surface area contributed by atoms with Crippen LogP contribution in [-0.2, 0) is 0 Å². The summed E-state index contributed by atoms with van der Waals surface area (Å²) in [5, 5.41) is 1.89. The van der Waals surface area contributed by atoms with Crippen LogP contribution >= 0.6 is 11.8 Å². The van der Waals surface area contributed by atoms with Crippen molar-refractivity contribution in [3.8, 4) is 0 Å². The van der Waals surface area contributed by atoms with Gasteiger partial charge in [-0.3, -0.25) is 0 Å². The van der Waals surface area contributed by atoms with Crippen molar-refractivity contribution < 1.29 is 0 Å². The Balaban J connectivity index is 2.05. The van der Waals surface area contributed by atoms with E-state index in [1.165, 1.54) is 37.7 Å². The van der Waals surface area contributed by atoms with E-state index in [0.717, 1.165) is 10.5 Å². The van der Waals surface area contributed by atoms with Crippen molar-refractivity contribution in [2.75, 3.05) is 0 Å². The maximum Gasteiger partial charge on any atom is 0.00870 e. The molecule has 0 aromatic rings. The van der Waals surface area contributed by atoms with E-state index in [0.29, 0.717) is 0 Å². The molecule has 0 amide bonds. The standard InChI is InChI=1S/C9H14S/c1-7-5-8-3-2-4-9(6-7)10-8/h8-9H,1-6H2. The SMILES string of the molecule is C=C1CC2CCCC(C1)S2. The lowest BCUT2D eigenvalue weighted by Crippen LogP contribution is -2.23. The average Bonchev–Trinajstić information content (AvgIpc) is 1.85. The summed E-state index contributed by atoms with van der Waals surface area (Å²) in [5.74, 6) is 0. The molecule has 1 heteroatoms. The minimum absolute atomic E-state index is 0.944. The van der Waals surface area contributed by atoms with E-state index in [9.17, 15) is 0 Å². The first-order valence-electron chi connectivity index (χ1n) is 4.17. The van der Waals surface area contributed by atoms with Gasteiger partial charge in [0.15, 0.2) is 0 Å². The fraction of sp³-hybridized carbons (Fsp3) is 0.778. The van der Waals surface area contributed by atoms with Crippen LogP contribution in [0.5, 0.6) is 0 Å². The second-order valence-corrected chi connectivity index (χ2v) is 5.07. The third kappa shape index (κ3) is 1.24. The lowest BCUT2D eigenvalue weighted by molar-refractivity contribution is 0.555. The van der Waals surface area contributed by atoms with Gasteiger partial charge in [-0.2, -0.15) is 11.8 Å². The molecule has 2 unspecified atom stereocenters. The molecule has 2 heterocycles. The van der Waals surface area contributed by atoms with Crippen LogP contribution in [0.3, 0.4) is 0 Å². The largest absolute Gasteiger partial charge is 0.154 e. The predicted octanol–water partition coefficient (Wildman–Crippen LogP) is 2.99. The maximum atomic E-state index is 4.08. The maximum absolute atomic E-state index is 4.08. The molecule has 0 spiro atoms. The third-order valence-electron chi connectivity index (χ3n) is 2.47. The Labute approximate surface area is 67.1 Å². The molecule has 2 bridgehead atoms. The fourth-order valence-electron chi connectivity index (χ4n) is 2.01. The number of hydrogen-bond acceptors (Lipinski definition) is 1. The van der Waals surface area contributed by atoms with Crippen LogP contribution in [0, 0.1) is 0 Å². The van der Waals surface area contributed by atoms with E-state index in [1.807, 2.05) is 0 Å². The highest BCUT2D eigenvalue weighted by atomic mass is 32.2. The predicted molar refractivity (Wildman–Crippen MR) is 47.4 cm³/mol.